The highest BCUT2D eigenvalue weighted by atomic mass is 28.2. The number of hydrogen-bond acceptors (Lipinski definition) is 1. The Morgan fingerprint density at radius 1 is 1.25 bits per heavy atom. The molecule has 48 valence electrons. The molecule has 0 saturated heterocycles. The van der Waals surface area contributed by atoms with Crippen LogP contribution in [0.1, 0.15) is 26.7 Å². The summed E-state index contributed by atoms with van der Waals surface area (Å²) in [5.41, 5.74) is 0. The van der Waals surface area contributed by atoms with Gasteiger partial charge in [-0.05, 0) is 12.5 Å². The van der Waals surface area contributed by atoms with Gasteiger partial charge in [0.25, 0.3) is 0 Å². The molecule has 0 bridgehead atoms. The van der Waals surface area contributed by atoms with Gasteiger partial charge in [-0.15, -0.1) is 0 Å². The van der Waals surface area contributed by atoms with Crippen LogP contribution in [0.25, 0.3) is 0 Å². The first-order valence-electron chi connectivity index (χ1n) is 3.26. The Bertz CT molecular complexity index is 33.5. The van der Waals surface area contributed by atoms with E-state index in [1.54, 1.807) is 0 Å². The van der Waals surface area contributed by atoms with Crippen LogP contribution in [0.3, 0.4) is 0 Å². The van der Waals surface area contributed by atoms with E-state index < -0.39 is 0 Å². The van der Waals surface area contributed by atoms with Gasteiger partial charge in [0.2, 0.25) is 9.76 Å². The summed E-state index contributed by atoms with van der Waals surface area (Å²) >= 11 is 0. The van der Waals surface area contributed by atoms with Crippen LogP contribution in [-0.4, -0.2) is 16.4 Å². The fourth-order valence-corrected chi connectivity index (χ4v) is 1.05. The highest BCUT2D eigenvalue weighted by Gasteiger charge is 1.85. The van der Waals surface area contributed by atoms with Gasteiger partial charge in [0.05, 0.1) is 0 Å². The summed E-state index contributed by atoms with van der Waals surface area (Å²) in [5.74, 6) is 0. The summed E-state index contributed by atoms with van der Waals surface area (Å²) < 4.78 is 5.25. The zero-order valence-corrected chi connectivity index (χ0v) is 6.74. The standard InChI is InChI=1S/C6H14OSi/c1-3-5-7-8-6-4-2/h3-6H2,1-2H3. The van der Waals surface area contributed by atoms with Crippen molar-refractivity contribution < 1.29 is 4.43 Å². The quantitative estimate of drug-likeness (QED) is 0.408. The molecule has 0 aliphatic rings. The molecule has 8 heavy (non-hydrogen) atoms. The van der Waals surface area contributed by atoms with Gasteiger partial charge in [-0.1, -0.05) is 20.3 Å². The van der Waals surface area contributed by atoms with Crippen molar-refractivity contribution in [3.8, 4) is 0 Å². The van der Waals surface area contributed by atoms with Crippen LogP contribution in [0.15, 0.2) is 0 Å². The third kappa shape index (κ3) is 6.18. The second-order valence-electron chi connectivity index (χ2n) is 1.74. The van der Waals surface area contributed by atoms with Gasteiger partial charge in [0, 0.05) is 6.61 Å². The lowest BCUT2D eigenvalue weighted by atomic mass is 10.5. The summed E-state index contributed by atoms with van der Waals surface area (Å²) in [6, 6.07) is 1.24. The van der Waals surface area contributed by atoms with E-state index in [0.717, 1.165) is 22.8 Å². The minimum Gasteiger partial charge on any atom is -0.417 e. The largest absolute Gasteiger partial charge is 0.417 e. The molecule has 1 nitrogen and oxygen atoms in total. The van der Waals surface area contributed by atoms with Crippen LogP contribution in [0.2, 0.25) is 6.04 Å². The summed E-state index contributed by atoms with van der Waals surface area (Å²) in [6.45, 7) is 5.26. The molecule has 2 radical (unpaired) electrons. The fraction of sp³-hybridized carbons (Fsp3) is 1.00. The molecule has 0 heterocycles. The van der Waals surface area contributed by atoms with Crippen LogP contribution in [0, 0.1) is 0 Å². The van der Waals surface area contributed by atoms with E-state index in [-0.39, 0.29) is 0 Å². The van der Waals surface area contributed by atoms with Gasteiger partial charge in [-0.2, -0.15) is 0 Å². The van der Waals surface area contributed by atoms with Crippen molar-refractivity contribution in [2.24, 2.45) is 0 Å². The van der Waals surface area contributed by atoms with Crippen LogP contribution in [0.4, 0.5) is 0 Å². The smallest absolute Gasteiger partial charge is 0.229 e. The Labute approximate surface area is 54.4 Å². The highest BCUT2D eigenvalue weighted by molar-refractivity contribution is 6.26. The van der Waals surface area contributed by atoms with Crippen LogP contribution < -0.4 is 0 Å². The maximum Gasteiger partial charge on any atom is 0.229 e. The molecule has 0 rings (SSSR count). The minimum atomic E-state index is 0.739. The van der Waals surface area contributed by atoms with Crippen molar-refractivity contribution in [1.82, 2.24) is 0 Å². The summed E-state index contributed by atoms with van der Waals surface area (Å²) in [7, 11) is 0.739. The lowest BCUT2D eigenvalue weighted by molar-refractivity contribution is 0.334. The number of rotatable bonds is 5. The Hall–Kier alpha value is 0.177. The molecular formula is C6H14OSi. The second kappa shape index (κ2) is 7.18. The van der Waals surface area contributed by atoms with E-state index in [4.69, 9.17) is 4.43 Å². The van der Waals surface area contributed by atoms with Gasteiger partial charge in [0.1, 0.15) is 0 Å². The van der Waals surface area contributed by atoms with Crippen molar-refractivity contribution in [2.45, 2.75) is 32.7 Å². The Morgan fingerprint density at radius 2 is 2.00 bits per heavy atom. The van der Waals surface area contributed by atoms with Gasteiger partial charge in [0.15, 0.2) is 0 Å². The van der Waals surface area contributed by atoms with Gasteiger partial charge in [-0.3, -0.25) is 0 Å². The molecule has 0 fully saturated rings. The van der Waals surface area contributed by atoms with E-state index >= 15 is 0 Å². The van der Waals surface area contributed by atoms with Crippen molar-refractivity contribution >= 4 is 9.76 Å². The average molecular weight is 130 g/mol. The van der Waals surface area contributed by atoms with Crippen LogP contribution in [-0.2, 0) is 4.43 Å². The van der Waals surface area contributed by atoms with Crippen molar-refractivity contribution in [3.63, 3.8) is 0 Å². The molecule has 0 aliphatic heterocycles. The molecule has 0 aromatic carbocycles. The highest BCUT2D eigenvalue weighted by Crippen LogP contribution is 1.86. The Morgan fingerprint density at radius 3 is 2.50 bits per heavy atom. The summed E-state index contributed by atoms with van der Waals surface area (Å²) in [6.07, 6.45) is 2.40. The third-order valence-corrected chi connectivity index (χ3v) is 1.87. The molecule has 0 aromatic rings. The van der Waals surface area contributed by atoms with E-state index in [9.17, 15) is 0 Å². The molecule has 0 amide bonds. The molecule has 0 aromatic heterocycles. The van der Waals surface area contributed by atoms with E-state index in [2.05, 4.69) is 13.8 Å². The lowest BCUT2D eigenvalue weighted by Gasteiger charge is -1.95. The maximum atomic E-state index is 5.25. The molecule has 0 saturated carbocycles. The first-order chi connectivity index (χ1) is 3.91. The van der Waals surface area contributed by atoms with Gasteiger partial charge in [-0.25, -0.2) is 0 Å². The van der Waals surface area contributed by atoms with Crippen molar-refractivity contribution in [1.29, 1.82) is 0 Å². The molecule has 0 spiro atoms. The average Bonchev–Trinajstić information content (AvgIpc) is 1.81. The normalized spacial score (nSPS) is 9.75. The van der Waals surface area contributed by atoms with Crippen LogP contribution in [0.5, 0.6) is 0 Å². The summed E-state index contributed by atoms with van der Waals surface area (Å²) in [5, 5.41) is 0. The molecule has 0 aliphatic carbocycles. The maximum absolute atomic E-state index is 5.25. The predicted molar refractivity (Wildman–Crippen MR) is 37.1 cm³/mol. The van der Waals surface area contributed by atoms with Gasteiger partial charge < -0.3 is 4.43 Å². The first kappa shape index (κ1) is 8.18. The SMILES string of the molecule is CCCO[Si]CCC. The molecule has 0 N–H and O–H groups in total. The fourth-order valence-electron chi connectivity index (χ4n) is 0.348. The predicted octanol–water partition coefficient (Wildman–Crippen LogP) is 1.86. The molecule has 0 unspecified atom stereocenters. The zero-order valence-electron chi connectivity index (χ0n) is 5.74. The monoisotopic (exact) mass is 130 g/mol. The minimum absolute atomic E-state index is 0.739. The first-order valence-corrected chi connectivity index (χ1v) is 4.38. The second-order valence-corrected chi connectivity index (χ2v) is 2.82. The summed E-state index contributed by atoms with van der Waals surface area (Å²) in [4.78, 5) is 0. The van der Waals surface area contributed by atoms with E-state index in [0.29, 0.717) is 0 Å². The molecular weight excluding hydrogens is 116 g/mol. The lowest BCUT2D eigenvalue weighted by Crippen LogP contribution is -1.97. The van der Waals surface area contributed by atoms with E-state index in [1.807, 2.05) is 0 Å². The van der Waals surface area contributed by atoms with Gasteiger partial charge >= 0.3 is 0 Å². The molecule has 0 atom stereocenters. The number of hydrogen-bond donors (Lipinski definition) is 0. The zero-order chi connectivity index (χ0) is 6.24. The third-order valence-electron chi connectivity index (χ3n) is 0.760. The van der Waals surface area contributed by atoms with E-state index in [1.165, 1.54) is 12.5 Å². The van der Waals surface area contributed by atoms with Crippen molar-refractivity contribution in [2.75, 3.05) is 6.61 Å². The van der Waals surface area contributed by atoms with Crippen molar-refractivity contribution in [3.05, 3.63) is 0 Å². The van der Waals surface area contributed by atoms with Crippen LogP contribution >= 0.6 is 0 Å². The molecule has 2 heteroatoms. The Balaban J connectivity index is 2.53. The topological polar surface area (TPSA) is 9.23 Å². The Kier molecular flexibility index (Phi) is 7.34.